The molecule has 1 heterocycles. The number of ketones is 1. The molecule has 1 aromatic heterocycles. The molecule has 0 atom stereocenters. The highest BCUT2D eigenvalue weighted by Gasteiger charge is 2.26. The molecule has 2 rings (SSSR count). The third-order valence-electron chi connectivity index (χ3n) is 2.23. The summed E-state index contributed by atoms with van der Waals surface area (Å²) in [6.07, 6.45) is 2.29. The molecule has 0 saturated heterocycles. The molecule has 1 saturated carbocycles. The number of ether oxygens (including phenoxy) is 1. The second-order valence-electron chi connectivity index (χ2n) is 3.76. The molecule has 15 heavy (non-hydrogen) atoms. The maximum absolute atomic E-state index is 11.3. The molecule has 0 amide bonds. The molecular formula is C10H12N2O3. The van der Waals surface area contributed by atoms with Gasteiger partial charge in [-0.15, -0.1) is 0 Å². The van der Waals surface area contributed by atoms with Gasteiger partial charge in [-0.2, -0.15) is 5.10 Å². The molecule has 0 radical (unpaired) electrons. The van der Waals surface area contributed by atoms with Crippen LogP contribution < -0.4 is 0 Å². The van der Waals surface area contributed by atoms with Crippen LogP contribution in [0.15, 0.2) is 6.07 Å². The minimum atomic E-state index is -0.548. The van der Waals surface area contributed by atoms with Gasteiger partial charge in [-0.3, -0.25) is 9.89 Å². The largest absolute Gasteiger partial charge is 0.453 e. The topological polar surface area (TPSA) is 72.1 Å². The molecule has 5 nitrogen and oxygen atoms in total. The Morgan fingerprint density at radius 3 is 2.93 bits per heavy atom. The third kappa shape index (κ3) is 2.43. The Morgan fingerprint density at radius 2 is 2.33 bits per heavy atom. The summed E-state index contributed by atoms with van der Waals surface area (Å²) in [7, 11) is 0. The summed E-state index contributed by atoms with van der Waals surface area (Å²) >= 11 is 0. The number of H-pyrrole nitrogens is 1. The van der Waals surface area contributed by atoms with Crippen LogP contribution >= 0.6 is 0 Å². The Balaban J connectivity index is 1.95. The van der Waals surface area contributed by atoms with Gasteiger partial charge in [0.25, 0.3) is 0 Å². The molecular weight excluding hydrogens is 196 g/mol. The first-order chi connectivity index (χ1) is 7.16. The number of Topliss-reactive ketones (excluding diaryl/α,β-unsaturated/α-hetero) is 1. The molecule has 0 aliphatic heterocycles. The third-order valence-corrected chi connectivity index (χ3v) is 2.23. The van der Waals surface area contributed by atoms with E-state index < -0.39 is 5.97 Å². The van der Waals surface area contributed by atoms with Crippen LogP contribution in [0.4, 0.5) is 0 Å². The van der Waals surface area contributed by atoms with Crippen molar-refractivity contribution in [2.45, 2.75) is 25.7 Å². The van der Waals surface area contributed by atoms with E-state index in [1.807, 2.05) is 0 Å². The predicted octanol–water partition coefficient (Wildman–Crippen LogP) is 1.03. The van der Waals surface area contributed by atoms with Gasteiger partial charge in [0.1, 0.15) is 6.61 Å². The molecule has 1 N–H and O–H groups in total. The van der Waals surface area contributed by atoms with Crippen LogP contribution in [0.3, 0.4) is 0 Å². The number of aromatic nitrogens is 2. The Morgan fingerprint density at radius 1 is 1.60 bits per heavy atom. The van der Waals surface area contributed by atoms with Crippen LogP contribution in [-0.2, 0) is 9.53 Å². The summed E-state index contributed by atoms with van der Waals surface area (Å²) in [4.78, 5) is 21.9. The summed E-state index contributed by atoms with van der Waals surface area (Å²) in [6, 6.07) is 1.69. The first-order valence-corrected chi connectivity index (χ1v) is 4.88. The quantitative estimate of drug-likeness (QED) is 0.750. The molecule has 1 aliphatic carbocycles. The molecule has 1 fully saturated rings. The second kappa shape index (κ2) is 3.84. The van der Waals surface area contributed by atoms with Crippen molar-refractivity contribution in [3.05, 3.63) is 17.5 Å². The fourth-order valence-electron chi connectivity index (χ4n) is 1.29. The first kappa shape index (κ1) is 9.89. The number of aromatic amines is 1. The highest BCUT2D eigenvalue weighted by Crippen LogP contribution is 2.38. The van der Waals surface area contributed by atoms with Crippen LogP contribution in [0.2, 0.25) is 0 Å². The number of carbonyl (C=O) groups is 2. The SMILES string of the molecule is CC(=O)COC(=O)c1cc(C2CC2)[nH]n1. The van der Waals surface area contributed by atoms with Gasteiger partial charge in [-0.25, -0.2) is 4.79 Å². The van der Waals surface area contributed by atoms with E-state index in [2.05, 4.69) is 10.2 Å². The summed E-state index contributed by atoms with van der Waals surface area (Å²) in [5, 5.41) is 6.64. The Bertz CT molecular complexity index is 393. The van der Waals surface area contributed by atoms with Crippen LogP contribution in [0.25, 0.3) is 0 Å². The summed E-state index contributed by atoms with van der Waals surface area (Å²) in [6.45, 7) is 1.18. The summed E-state index contributed by atoms with van der Waals surface area (Å²) < 4.78 is 4.73. The van der Waals surface area contributed by atoms with E-state index in [0.717, 1.165) is 18.5 Å². The maximum atomic E-state index is 11.3. The van der Waals surface area contributed by atoms with Gasteiger partial charge in [0, 0.05) is 11.6 Å². The van der Waals surface area contributed by atoms with Crippen LogP contribution in [0.1, 0.15) is 41.9 Å². The van der Waals surface area contributed by atoms with Gasteiger partial charge in [0.05, 0.1) is 0 Å². The highest BCUT2D eigenvalue weighted by molar-refractivity contribution is 5.89. The number of rotatable bonds is 4. The Labute approximate surface area is 86.8 Å². The van der Waals surface area contributed by atoms with E-state index in [0.29, 0.717) is 5.92 Å². The molecule has 0 spiro atoms. The Kier molecular flexibility index (Phi) is 2.53. The molecule has 5 heteroatoms. The molecule has 0 unspecified atom stereocenters. The molecule has 1 aromatic rings. The van der Waals surface area contributed by atoms with Crippen LogP contribution in [0, 0.1) is 0 Å². The minimum absolute atomic E-state index is 0.179. The fourth-order valence-corrected chi connectivity index (χ4v) is 1.29. The van der Waals surface area contributed by atoms with Crippen LogP contribution in [0.5, 0.6) is 0 Å². The second-order valence-corrected chi connectivity index (χ2v) is 3.76. The van der Waals surface area contributed by atoms with Gasteiger partial charge >= 0.3 is 5.97 Å². The predicted molar refractivity (Wildman–Crippen MR) is 51.5 cm³/mol. The van der Waals surface area contributed by atoms with E-state index in [1.54, 1.807) is 6.07 Å². The smallest absolute Gasteiger partial charge is 0.359 e. The van der Waals surface area contributed by atoms with E-state index in [1.165, 1.54) is 6.92 Å². The zero-order valence-electron chi connectivity index (χ0n) is 8.45. The van der Waals surface area contributed by atoms with E-state index in [9.17, 15) is 9.59 Å². The lowest BCUT2D eigenvalue weighted by atomic mass is 10.3. The van der Waals surface area contributed by atoms with Crippen molar-refractivity contribution in [3.8, 4) is 0 Å². The molecule has 1 aliphatic rings. The van der Waals surface area contributed by atoms with Gasteiger partial charge in [0.2, 0.25) is 0 Å². The molecule has 0 bridgehead atoms. The van der Waals surface area contributed by atoms with E-state index in [-0.39, 0.29) is 18.1 Å². The van der Waals surface area contributed by atoms with Gasteiger partial charge < -0.3 is 4.74 Å². The molecule has 80 valence electrons. The van der Waals surface area contributed by atoms with Crippen molar-refractivity contribution in [1.29, 1.82) is 0 Å². The van der Waals surface area contributed by atoms with Crippen molar-refractivity contribution in [3.63, 3.8) is 0 Å². The number of hydrogen-bond donors (Lipinski definition) is 1. The van der Waals surface area contributed by atoms with Crippen molar-refractivity contribution in [1.82, 2.24) is 10.2 Å². The summed E-state index contributed by atoms with van der Waals surface area (Å²) in [5.74, 6) is -0.207. The summed E-state index contributed by atoms with van der Waals surface area (Å²) in [5.41, 5.74) is 1.22. The zero-order valence-corrected chi connectivity index (χ0v) is 8.45. The van der Waals surface area contributed by atoms with Gasteiger partial charge in [0.15, 0.2) is 11.5 Å². The van der Waals surface area contributed by atoms with Crippen molar-refractivity contribution >= 4 is 11.8 Å². The standard InChI is InChI=1S/C10H12N2O3/c1-6(13)5-15-10(14)9-4-8(11-12-9)7-2-3-7/h4,7H,2-3,5H2,1H3,(H,11,12). The Hall–Kier alpha value is -1.65. The lowest BCUT2D eigenvalue weighted by molar-refractivity contribution is -0.120. The normalized spacial score (nSPS) is 15.0. The van der Waals surface area contributed by atoms with Crippen LogP contribution in [-0.4, -0.2) is 28.6 Å². The average molecular weight is 208 g/mol. The highest BCUT2D eigenvalue weighted by atomic mass is 16.5. The first-order valence-electron chi connectivity index (χ1n) is 4.88. The number of esters is 1. The molecule has 0 aromatic carbocycles. The van der Waals surface area contributed by atoms with E-state index in [4.69, 9.17) is 4.74 Å². The number of carbonyl (C=O) groups excluding carboxylic acids is 2. The average Bonchev–Trinajstić information content (AvgIpc) is 2.93. The monoisotopic (exact) mass is 208 g/mol. The number of nitrogens with one attached hydrogen (secondary N) is 1. The van der Waals surface area contributed by atoms with Gasteiger partial charge in [-0.1, -0.05) is 0 Å². The number of nitrogens with zero attached hydrogens (tertiary/aromatic N) is 1. The zero-order chi connectivity index (χ0) is 10.8. The lowest BCUT2D eigenvalue weighted by Gasteiger charge is -1.97. The number of hydrogen-bond acceptors (Lipinski definition) is 4. The van der Waals surface area contributed by atoms with Gasteiger partial charge in [-0.05, 0) is 25.8 Å². The minimum Gasteiger partial charge on any atom is -0.453 e. The maximum Gasteiger partial charge on any atom is 0.359 e. The fraction of sp³-hybridized carbons (Fsp3) is 0.500. The van der Waals surface area contributed by atoms with Crippen molar-refractivity contribution in [2.75, 3.05) is 6.61 Å². The lowest BCUT2D eigenvalue weighted by Crippen LogP contribution is -2.11. The van der Waals surface area contributed by atoms with E-state index >= 15 is 0 Å². The van der Waals surface area contributed by atoms with Crippen molar-refractivity contribution < 1.29 is 14.3 Å². The van der Waals surface area contributed by atoms with Crippen molar-refractivity contribution in [2.24, 2.45) is 0 Å².